The molecule has 2 aromatic rings. The zero-order valence-corrected chi connectivity index (χ0v) is 11.4. The van der Waals surface area contributed by atoms with Gasteiger partial charge in [-0.3, -0.25) is 0 Å². The molecule has 1 aliphatic rings. The summed E-state index contributed by atoms with van der Waals surface area (Å²) < 4.78 is 20.9. The minimum Gasteiger partial charge on any atom is -0.381 e. The number of benzene rings is 1. The Morgan fingerprint density at radius 2 is 2.16 bits per heavy atom. The lowest BCUT2D eigenvalue weighted by Gasteiger charge is -2.25. The second-order valence-electron chi connectivity index (χ2n) is 4.81. The Bertz CT molecular complexity index is 578. The molecule has 3 nitrogen and oxygen atoms in total. The Hall–Kier alpha value is -1.13. The molecule has 5 heteroatoms. The predicted molar refractivity (Wildman–Crippen MR) is 73.2 cm³/mol. The van der Waals surface area contributed by atoms with Gasteiger partial charge in [0.25, 0.3) is 0 Å². The first-order valence-electron chi connectivity index (χ1n) is 6.59. The maximum absolute atomic E-state index is 13.3. The van der Waals surface area contributed by atoms with Gasteiger partial charge in [0, 0.05) is 37.6 Å². The van der Waals surface area contributed by atoms with Crippen molar-refractivity contribution < 1.29 is 9.13 Å². The van der Waals surface area contributed by atoms with Crippen molar-refractivity contribution in [3.8, 4) is 0 Å². The average molecular weight is 283 g/mol. The summed E-state index contributed by atoms with van der Waals surface area (Å²) >= 11 is 5.85. The van der Waals surface area contributed by atoms with Gasteiger partial charge in [-0.2, -0.15) is 0 Å². The Morgan fingerprint density at radius 1 is 1.37 bits per heavy atom. The second kappa shape index (κ2) is 5.47. The molecule has 0 unspecified atom stereocenters. The summed E-state index contributed by atoms with van der Waals surface area (Å²) in [6.07, 6.45) is 2.64. The highest BCUT2D eigenvalue weighted by Crippen LogP contribution is 2.28. The molecule has 0 atom stereocenters. The number of hydrogen-bond acceptors (Lipinski definition) is 2. The molecule has 1 saturated heterocycles. The number of aromatic nitrogens is 2. The number of halogens is 2. The number of nitrogens with zero attached hydrogens (tertiary/aromatic N) is 2. The van der Waals surface area contributed by atoms with Crippen LogP contribution in [-0.4, -0.2) is 28.6 Å². The minimum absolute atomic E-state index is 0.249. The molecule has 1 aromatic carbocycles. The maximum Gasteiger partial charge on any atom is 0.125 e. The first-order valence-corrected chi connectivity index (χ1v) is 7.13. The van der Waals surface area contributed by atoms with Crippen molar-refractivity contribution in [2.45, 2.75) is 25.3 Å². The number of hydrogen-bond donors (Lipinski definition) is 0. The maximum atomic E-state index is 13.3. The Morgan fingerprint density at radius 3 is 2.89 bits per heavy atom. The van der Waals surface area contributed by atoms with Gasteiger partial charge in [-0.05, 0) is 25.0 Å². The monoisotopic (exact) mass is 282 g/mol. The fourth-order valence-corrected chi connectivity index (χ4v) is 2.90. The molecular weight excluding hydrogens is 267 g/mol. The van der Waals surface area contributed by atoms with Crippen LogP contribution in [0, 0.1) is 5.82 Å². The van der Waals surface area contributed by atoms with Crippen LogP contribution >= 0.6 is 11.6 Å². The third-order valence-corrected chi connectivity index (χ3v) is 3.79. The molecule has 102 valence electrons. The van der Waals surface area contributed by atoms with Crippen molar-refractivity contribution in [2.75, 3.05) is 19.1 Å². The van der Waals surface area contributed by atoms with Crippen LogP contribution in [0.4, 0.5) is 4.39 Å². The van der Waals surface area contributed by atoms with Gasteiger partial charge < -0.3 is 9.30 Å². The number of rotatable bonds is 3. The molecule has 0 saturated carbocycles. The van der Waals surface area contributed by atoms with E-state index < -0.39 is 0 Å². The molecule has 1 aromatic heterocycles. The van der Waals surface area contributed by atoms with Gasteiger partial charge in [0.05, 0.1) is 11.0 Å². The molecule has 1 aliphatic heterocycles. The number of alkyl halides is 1. The topological polar surface area (TPSA) is 27.1 Å². The van der Waals surface area contributed by atoms with Crippen LogP contribution in [0.3, 0.4) is 0 Å². The van der Waals surface area contributed by atoms with Crippen LogP contribution in [0.5, 0.6) is 0 Å². The first kappa shape index (κ1) is 12.9. The summed E-state index contributed by atoms with van der Waals surface area (Å²) in [5.41, 5.74) is 1.71. The first-order chi connectivity index (χ1) is 9.29. The van der Waals surface area contributed by atoms with Crippen molar-refractivity contribution in [1.29, 1.82) is 0 Å². The summed E-state index contributed by atoms with van der Waals surface area (Å²) in [7, 11) is 0. The van der Waals surface area contributed by atoms with E-state index in [4.69, 9.17) is 16.3 Å². The zero-order valence-electron chi connectivity index (χ0n) is 10.6. The quantitative estimate of drug-likeness (QED) is 0.808. The molecule has 0 amide bonds. The molecular formula is C14H16ClFN2O. The molecule has 0 N–H and O–H groups in total. The van der Waals surface area contributed by atoms with Gasteiger partial charge in [-0.15, -0.1) is 11.6 Å². The highest BCUT2D eigenvalue weighted by Gasteiger charge is 2.21. The van der Waals surface area contributed by atoms with Crippen LogP contribution in [-0.2, 0) is 11.2 Å². The van der Waals surface area contributed by atoms with Crippen LogP contribution in [0.15, 0.2) is 18.2 Å². The Kier molecular flexibility index (Phi) is 3.71. The van der Waals surface area contributed by atoms with Gasteiger partial charge in [0.15, 0.2) is 0 Å². The van der Waals surface area contributed by atoms with Crippen LogP contribution in [0.2, 0.25) is 0 Å². The number of imidazole rings is 1. The van der Waals surface area contributed by atoms with Gasteiger partial charge in [0.2, 0.25) is 0 Å². The molecule has 1 fully saturated rings. The van der Waals surface area contributed by atoms with Gasteiger partial charge in [-0.1, -0.05) is 0 Å². The highest BCUT2D eigenvalue weighted by molar-refractivity contribution is 6.17. The molecule has 19 heavy (non-hydrogen) atoms. The van der Waals surface area contributed by atoms with E-state index in [-0.39, 0.29) is 5.82 Å². The standard InChI is InChI=1S/C14H16ClFN2O/c15-6-3-14-17-12-9-10(16)1-2-13(12)18(14)11-4-7-19-8-5-11/h1-2,9,11H,3-8H2. The fourth-order valence-electron chi connectivity index (χ4n) is 2.73. The van der Waals surface area contributed by atoms with Crippen LogP contribution in [0.1, 0.15) is 24.7 Å². The highest BCUT2D eigenvalue weighted by atomic mass is 35.5. The molecule has 0 spiro atoms. The Balaban J connectivity index is 2.09. The van der Waals surface area contributed by atoms with E-state index >= 15 is 0 Å². The SMILES string of the molecule is Fc1ccc2c(c1)nc(CCCl)n2C1CCOCC1. The van der Waals surface area contributed by atoms with E-state index in [1.54, 1.807) is 0 Å². The van der Waals surface area contributed by atoms with Gasteiger partial charge in [0.1, 0.15) is 11.6 Å². The fraction of sp³-hybridized carbons (Fsp3) is 0.500. The lowest BCUT2D eigenvalue weighted by molar-refractivity contribution is 0.0699. The Labute approximate surface area is 116 Å². The second-order valence-corrected chi connectivity index (χ2v) is 5.19. The van der Waals surface area contributed by atoms with Crippen molar-refractivity contribution in [3.63, 3.8) is 0 Å². The average Bonchev–Trinajstić information content (AvgIpc) is 2.77. The molecule has 0 aliphatic carbocycles. The van der Waals surface area contributed by atoms with E-state index in [2.05, 4.69) is 9.55 Å². The zero-order chi connectivity index (χ0) is 13.2. The third kappa shape index (κ3) is 2.47. The lowest BCUT2D eigenvalue weighted by Crippen LogP contribution is -2.21. The predicted octanol–water partition coefficient (Wildman–Crippen LogP) is 3.31. The summed E-state index contributed by atoms with van der Waals surface area (Å²) in [4.78, 5) is 4.54. The van der Waals surface area contributed by atoms with Crippen molar-refractivity contribution in [3.05, 3.63) is 29.8 Å². The molecule has 0 radical (unpaired) electrons. The summed E-state index contributed by atoms with van der Waals surface area (Å²) in [6, 6.07) is 5.17. The van der Waals surface area contributed by atoms with E-state index in [1.807, 2.05) is 6.07 Å². The minimum atomic E-state index is -0.249. The third-order valence-electron chi connectivity index (χ3n) is 3.60. The van der Waals surface area contributed by atoms with E-state index in [1.165, 1.54) is 12.1 Å². The number of aryl methyl sites for hydroxylation is 1. The number of fused-ring (bicyclic) bond motifs is 1. The molecule has 2 heterocycles. The van der Waals surface area contributed by atoms with Gasteiger partial charge >= 0.3 is 0 Å². The van der Waals surface area contributed by atoms with Gasteiger partial charge in [-0.25, -0.2) is 9.37 Å². The largest absolute Gasteiger partial charge is 0.381 e. The lowest BCUT2D eigenvalue weighted by atomic mass is 10.1. The molecule has 3 rings (SSSR count). The van der Waals surface area contributed by atoms with E-state index in [9.17, 15) is 4.39 Å². The summed E-state index contributed by atoms with van der Waals surface area (Å²) in [6.45, 7) is 1.54. The van der Waals surface area contributed by atoms with Crippen LogP contribution < -0.4 is 0 Å². The summed E-state index contributed by atoms with van der Waals surface area (Å²) in [5.74, 6) is 1.22. The van der Waals surface area contributed by atoms with Crippen molar-refractivity contribution >= 4 is 22.6 Å². The van der Waals surface area contributed by atoms with Crippen molar-refractivity contribution in [2.24, 2.45) is 0 Å². The van der Waals surface area contributed by atoms with Crippen LogP contribution in [0.25, 0.3) is 11.0 Å². The summed E-state index contributed by atoms with van der Waals surface area (Å²) in [5, 5.41) is 0. The normalized spacial score (nSPS) is 17.2. The van der Waals surface area contributed by atoms with Crippen molar-refractivity contribution in [1.82, 2.24) is 9.55 Å². The smallest absolute Gasteiger partial charge is 0.125 e. The molecule has 0 bridgehead atoms. The van der Waals surface area contributed by atoms with E-state index in [0.29, 0.717) is 23.9 Å². The van der Waals surface area contributed by atoms with E-state index in [0.717, 1.165) is 37.4 Å². The number of ether oxygens (including phenoxy) is 1.